The Labute approximate surface area is 308 Å². The molecule has 1 atom stereocenters. The van der Waals surface area contributed by atoms with Gasteiger partial charge in [-0.2, -0.15) is 0 Å². The van der Waals surface area contributed by atoms with Gasteiger partial charge in [0.05, 0.1) is 6.61 Å². The van der Waals surface area contributed by atoms with Gasteiger partial charge in [0, 0.05) is 19.4 Å². The number of ether oxygens (including phenoxy) is 3. The average molecular weight is 697 g/mol. The van der Waals surface area contributed by atoms with Gasteiger partial charge in [-0.05, 0) is 83.5 Å². The van der Waals surface area contributed by atoms with Crippen LogP contribution in [0.2, 0.25) is 0 Å². The van der Waals surface area contributed by atoms with Crippen molar-refractivity contribution >= 4 is 11.9 Å². The normalized spacial score (nSPS) is 12.9. The monoisotopic (exact) mass is 697 g/mol. The number of unbranched alkanes of at least 4 members (excludes halogenated alkanes) is 13. The fourth-order valence-corrected chi connectivity index (χ4v) is 5.24. The Bertz CT molecular complexity index is 926. The summed E-state index contributed by atoms with van der Waals surface area (Å²) in [4.78, 5) is 25.1. The lowest BCUT2D eigenvalue weighted by Gasteiger charge is -2.18. The average Bonchev–Trinajstić information content (AvgIpc) is 3.11. The van der Waals surface area contributed by atoms with E-state index in [1.54, 1.807) is 0 Å². The van der Waals surface area contributed by atoms with E-state index in [0.717, 1.165) is 103 Å². The summed E-state index contributed by atoms with van der Waals surface area (Å²) in [5.74, 6) is -0.460. The van der Waals surface area contributed by atoms with Gasteiger partial charge in [0.25, 0.3) is 0 Å². The van der Waals surface area contributed by atoms with Gasteiger partial charge in [-0.25, -0.2) is 0 Å². The van der Waals surface area contributed by atoms with Crippen LogP contribution in [0.1, 0.15) is 175 Å². The summed E-state index contributed by atoms with van der Waals surface area (Å²) in [7, 11) is 0. The van der Waals surface area contributed by atoms with Gasteiger partial charge in [0.2, 0.25) is 0 Å². The zero-order chi connectivity index (χ0) is 36.4. The molecule has 0 aliphatic carbocycles. The molecule has 0 N–H and O–H groups in total. The van der Waals surface area contributed by atoms with Crippen LogP contribution in [0.4, 0.5) is 0 Å². The van der Waals surface area contributed by atoms with Crippen molar-refractivity contribution in [3.8, 4) is 0 Å². The molecule has 0 aromatic rings. The molecule has 0 rings (SSSR count). The first-order chi connectivity index (χ1) is 24.6. The Hall–Kier alpha value is -2.66. The molecule has 286 valence electrons. The number of hydrogen-bond donors (Lipinski definition) is 0. The molecule has 0 spiro atoms. The molecule has 0 saturated heterocycles. The van der Waals surface area contributed by atoms with E-state index < -0.39 is 6.10 Å². The highest BCUT2D eigenvalue weighted by atomic mass is 16.6. The Morgan fingerprint density at radius 2 is 0.900 bits per heavy atom. The number of rotatable bonds is 36. The SMILES string of the molecule is CC/C=C\C/C=C\C/C=C\CCCCCCCC(=O)OCC(COCCCCCCCC)OC(=O)CCCCC/C=C\C/C=C\C/C=C\CC. The summed E-state index contributed by atoms with van der Waals surface area (Å²) in [5.41, 5.74) is 0. The summed E-state index contributed by atoms with van der Waals surface area (Å²) in [6, 6.07) is 0. The fraction of sp³-hybridized carbons (Fsp3) is 0.689. The van der Waals surface area contributed by atoms with Gasteiger partial charge in [-0.1, -0.05) is 151 Å². The largest absolute Gasteiger partial charge is 0.462 e. The maximum absolute atomic E-state index is 12.6. The van der Waals surface area contributed by atoms with Crippen LogP contribution in [0.3, 0.4) is 0 Å². The minimum atomic E-state index is -0.554. The molecule has 0 aromatic heterocycles. The number of carbonyl (C=O) groups is 2. The molecule has 0 aromatic carbocycles. The molecule has 1 unspecified atom stereocenters. The van der Waals surface area contributed by atoms with Crippen LogP contribution < -0.4 is 0 Å². The first kappa shape index (κ1) is 47.3. The predicted octanol–water partition coefficient (Wildman–Crippen LogP) is 13.2. The van der Waals surface area contributed by atoms with E-state index in [1.807, 2.05) is 0 Å². The van der Waals surface area contributed by atoms with E-state index in [9.17, 15) is 9.59 Å². The Morgan fingerprint density at radius 1 is 0.460 bits per heavy atom. The second-order valence-electron chi connectivity index (χ2n) is 13.1. The molecule has 5 heteroatoms. The van der Waals surface area contributed by atoms with Crippen LogP contribution in [0.5, 0.6) is 0 Å². The molecular formula is C45H76O5. The van der Waals surface area contributed by atoms with Gasteiger partial charge in [-0.3, -0.25) is 9.59 Å². The third kappa shape index (κ3) is 38.1. The van der Waals surface area contributed by atoms with E-state index in [0.29, 0.717) is 19.4 Å². The van der Waals surface area contributed by atoms with Crippen molar-refractivity contribution in [3.63, 3.8) is 0 Å². The highest BCUT2D eigenvalue weighted by molar-refractivity contribution is 5.70. The van der Waals surface area contributed by atoms with Gasteiger partial charge in [0.15, 0.2) is 6.10 Å². The molecule has 0 radical (unpaired) electrons. The molecule has 50 heavy (non-hydrogen) atoms. The second-order valence-corrected chi connectivity index (χ2v) is 13.1. The Kier molecular flexibility index (Phi) is 38.6. The maximum atomic E-state index is 12.6. The van der Waals surface area contributed by atoms with Crippen LogP contribution in [0.25, 0.3) is 0 Å². The standard InChI is InChI=1S/C45H76O5/c1-4-7-10-13-16-18-20-22-23-25-26-28-30-32-35-38-44(46)49-42-43(41-48-40-37-34-15-12-9-6-3)50-45(47)39-36-33-31-29-27-24-21-19-17-14-11-8-5-2/h7-8,10-11,16-19,22-24,27,43H,4-6,9,12-15,20-21,25-26,28-42H2,1-3H3/b10-7-,11-8-,18-16-,19-17-,23-22-,27-24-. The molecule has 0 aliphatic rings. The highest BCUT2D eigenvalue weighted by Crippen LogP contribution is 2.11. The second kappa shape index (κ2) is 40.8. The first-order valence-electron chi connectivity index (χ1n) is 20.5. The predicted molar refractivity (Wildman–Crippen MR) is 214 cm³/mol. The van der Waals surface area contributed by atoms with Crippen LogP contribution in [-0.4, -0.2) is 37.9 Å². The van der Waals surface area contributed by atoms with Crippen molar-refractivity contribution in [2.24, 2.45) is 0 Å². The van der Waals surface area contributed by atoms with Crippen LogP contribution in [0, 0.1) is 0 Å². The smallest absolute Gasteiger partial charge is 0.306 e. The zero-order valence-corrected chi connectivity index (χ0v) is 32.6. The van der Waals surface area contributed by atoms with Crippen LogP contribution in [-0.2, 0) is 23.8 Å². The van der Waals surface area contributed by atoms with Crippen LogP contribution in [0.15, 0.2) is 72.9 Å². The van der Waals surface area contributed by atoms with E-state index in [-0.39, 0.29) is 25.2 Å². The van der Waals surface area contributed by atoms with Crippen molar-refractivity contribution in [2.45, 2.75) is 181 Å². The van der Waals surface area contributed by atoms with E-state index in [1.165, 1.54) is 38.5 Å². The minimum Gasteiger partial charge on any atom is -0.462 e. The quantitative estimate of drug-likeness (QED) is 0.0371. The maximum Gasteiger partial charge on any atom is 0.306 e. The fourth-order valence-electron chi connectivity index (χ4n) is 5.24. The Balaban J connectivity index is 4.24. The summed E-state index contributed by atoms with van der Waals surface area (Å²) >= 11 is 0. The summed E-state index contributed by atoms with van der Waals surface area (Å²) < 4.78 is 17.1. The van der Waals surface area contributed by atoms with Crippen molar-refractivity contribution < 1.29 is 23.8 Å². The van der Waals surface area contributed by atoms with Gasteiger partial charge in [-0.15, -0.1) is 0 Å². The van der Waals surface area contributed by atoms with E-state index >= 15 is 0 Å². The van der Waals surface area contributed by atoms with E-state index in [2.05, 4.69) is 93.7 Å². The molecule has 0 aliphatic heterocycles. The Morgan fingerprint density at radius 3 is 1.46 bits per heavy atom. The molecule has 0 bridgehead atoms. The molecule has 0 heterocycles. The molecule has 5 nitrogen and oxygen atoms in total. The molecule has 0 fully saturated rings. The van der Waals surface area contributed by atoms with Crippen LogP contribution >= 0.6 is 0 Å². The number of carbonyl (C=O) groups excluding carboxylic acids is 2. The summed E-state index contributed by atoms with van der Waals surface area (Å²) in [6.45, 7) is 7.49. The minimum absolute atomic E-state index is 0.0617. The van der Waals surface area contributed by atoms with Crippen molar-refractivity contribution in [1.82, 2.24) is 0 Å². The topological polar surface area (TPSA) is 61.8 Å². The third-order valence-electron chi connectivity index (χ3n) is 8.24. The molecular weight excluding hydrogens is 620 g/mol. The van der Waals surface area contributed by atoms with Gasteiger partial charge in [0.1, 0.15) is 6.61 Å². The lowest BCUT2D eigenvalue weighted by molar-refractivity contribution is -0.163. The number of hydrogen-bond acceptors (Lipinski definition) is 5. The highest BCUT2D eigenvalue weighted by Gasteiger charge is 2.17. The summed E-state index contributed by atoms with van der Waals surface area (Å²) in [6.07, 6.45) is 50.5. The lowest BCUT2D eigenvalue weighted by Crippen LogP contribution is -2.30. The third-order valence-corrected chi connectivity index (χ3v) is 8.24. The number of esters is 2. The molecule has 0 saturated carbocycles. The van der Waals surface area contributed by atoms with Crippen molar-refractivity contribution in [3.05, 3.63) is 72.9 Å². The van der Waals surface area contributed by atoms with Gasteiger partial charge < -0.3 is 14.2 Å². The van der Waals surface area contributed by atoms with Gasteiger partial charge >= 0.3 is 11.9 Å². The summed E-state index contributed by atoms with van der Waals surface area (Å²) in [5, 5.41) is 0. The first-order valence-corrected chi connectivity index (χ1v) is 20.5. The van der Waals surface area contributed by atoms with Crippen molar-refractivity contribution in [1.29, 1.82) is 0 Å². The zero-order valence-electron chi connectivity index (χ0n) is 32.6. The van der Waals surface area contributed by atoms with E-state index in [4.69, 9.17) is 14.2 Å². The van der Waals surface area contributed by atoms with Crippen molar-refractivity contribution in [2.75, 3.05) is 19.8 Å². The molecule has 0 amide bonds. The number of allylic oxidation sites excluding steroid dienone is 12. The lowest BCUT2D eigenvalue weighted by atomic mass is 10.1.